The van der Waals surface area contributed by atoms with Crippen LogP contribution in [0.25, 0.3) is 0 Å². The van der Waals surface area contributed by atoms with Crippen molar-refractivity contribution in [2.75, 3.05) is 24.6 Å². The second kappa shape index (κ2) is 7.11. The molecule has 3 aromatic rings. The van der Waals surface area contributed by atoms with Gasteiger partial charge in [0.05, 0.1) is 24.9 Å². The Bertz CT molecular complexity index is 1010. The van der Waals surface area contributed by atoms with Crippen molar-refractivity contribution in [3.05, 3.63) is 71.7 Å². The number of pyridine rings is 1. The standard InChI is InChI=1S/C22H23N5O/c1-2-28-19-5-4-17-14-24-22(20(17)13-19)16-6-9-23-21(12-16)26-11-7-18(15-26)27-10-3-8-25-27/h3-6,8-10,12-13,18H,2,7,11,14-15H2,1H3. The van der Waals surface area contributed by atoms with Crippen LogP contribution in [0.4, 0.5) is 5.82 Å². The molecule has 0 amide bonds. The molecule has 0 radical (unpaired) electrons. The summed E-state index contributed by atoms with van der Waals surface area (Å²) in [7, 11) is 0. The number of nitrogens with zero attached hydrogens (tertiary/aromatic N) is 5. The van der Waals surface area contributed by atoms with Gasteiger partial charge in [-0.25, -0.2) is 4.98 Å². The molecular formula is C22H23N5O. The van der Waals surface area contributed by atoms with Crippen molar-refractivity contribution in [2.24, 2.45) is 4.99 Å². The maximum Gasteiger partial charge on any atom is 0.129 e. The molecule has 2 aliphatic rings. The van der Waals surface area contributed by atoms with Crippen molar-refractivity contribution in [3.8, 4) is 5.75 Å². The van der Waals surface area contributed by atoms with Crippen LogP contribution in [-0.4, -0.2) is 40.2 Å². The van der Waals surface area contributed by atoms with Crippen LogP contribution in [-0.2, 0) is 6.54 Å². The van der Waals surface area contributed by atoms with Gasteiger partial charge in [-0.2, -0.15) is 5.10 Å². The number of benzene rings is 1. The smallest absolute Gasteiger partial charge is 0.129 e. The van der Waals surface area contributed by atoms with E-state index in [1.165, 1.54) is 11.1 Å². The second-order valence-electron chi connectivity index (χ2n) is 7.19. The lowest BCUT2D eigenvalue weighted by atomic mass is 10.0. The SMILES string of the molecule is CCOc1ccc2c(c1)C(c1ccnc(N3CCC(n4cccn4)C3)c1)=NC2. The minimum atomic E-state index is 0.402. The first-order valence-corrected chi connectivity index (χ1v) is 9.83. The fourth-order valence-corrected chi connectivity index (χ4v) is 4.07. The summed E-state index contributed by atoms with van der Waals surface area (Å²) in [6.45, 7) is 5.30. The number of anilines is 1. The number of ether oxygens (including phenoxy) is 1. The van der Waals surface area contributed by atoms with E-state index in [4.69, 9.17) is 9.73 Å². The lowest BCUT2D eigenvalue weighted by Crippen LogP contribution is -2.22. The fraction of sp³-hybridized carbons (Fsp3) is 0.318. The Kier molecular flexibility index (Phi) is 4.31. The third-order valence-electron chi connectivity index (χ3n) is 5.46. The van der Waals surface area contributed by atoms with E-state index in [2.05, 4.69) is 37.9 Å². The fourth-order valence-electron chi connectivity index (χ4n) is 4.07. The summed E-state index contributed by atoms with van der Waals surface area (Å²) in [5.41, 5.74) is 4.55. The van der Waals surface area contributed by atoms with Gasteiger partial charge in [-0.15, -0.1) is 0 Å². The molecule has 5 rings (SSSR count). The second-order valence-corrected chi connectivity index (χ2v) is 7.19. The molecule has 1 saturated heterocycles. The van der Waals surface area contributed by atoms with Gasteiger partial charge in [0.15, 0.2) is 0 Å². The molecule has 6 heteroatoms. The summed E-state index contributed by atoms with van der Waals surface area (Å²) < 4.78 is 7.74. The van der Waals surface area contributed by atoms with E-state index in [-0.39, 0.29) is 0 Å². The van der Waals surface area contributed by atoms with Crippen molar-refractivity contribution in [2.45, 2.75) is 25.9 Å². The van der Waals surface area contributed by atoms with Crippen molar-refractivity contribution in [3.63, 3.8) is 0 Å². The Morgan fingerprint density at radius 2 is 2.14 bits per heavy atom. The van der Waals surface area contributed by atoms with E-state index in [1.54, 1.807) is 0 Å². The van der Waals surface area contributed by atoms with Crippen LogP contribution in [0.2, 0.25) is 0 Å². The van der Waals surface area contributed by atoms with Gasteiger partial charge in [-0.1, -0.05) is 6.07 Å². The molecule has 1 unspecified atom stereocenters. The third kappa shape index (κ3) is 3.05. The summed E-state index contributed by atoms with van der Waals surface area (Å²) in [4.78, 5) is 11.8. The van der Waals surface area contributed by atoms with Crippen LogP contribution >= 0.6 is 0 Å². The summed E-state index contributed by atoms with van der Waals surface area (Å²) in [5.74, 6) is 1.90. The maximum atomic E-state index is 5.68. The first-order valence-electron chi connectivity index (χ1n) is 9.83. The molecule has 28 heavy (non-hydrogen) atoms. The van der Waals surface area contributed by atoms with Crippen molar-refractivity contribution >= 4 is 11.5 Å². The van der Waals surface area contributed by atoms with Gasteiger partial charge in [0.25, 0.3) is 0 Å². The predicted molar refractivity (Wildman–Crippen MR) is 109 cm³/mol. The molecule has 4 heterocycles. The number of aliphatic imine (C=N–C) groups is 1. The van der Waals surface area contributed by atoms with Gasteiger partial charge in [0.2, 0.25) is 0 Å². The largest absolute Gasteiger partial charge is 0.494 e. The Labute approximate surface area is 164 Å². The lowest BCUT2D eigenvalue weighted by molar-refractivity contribution is 0.340. The van der Waals surface area contributed by atoms with E-state index in [0.29, 0.717) is 12.6 Å². The molecule has 6 nitrogen and oxygen atoms in total. The first kappa shape index (κ1) is 17.0. The highest BCUT2D eigenvalue weighted by Gasteiger charge is 2.26. The Hall–Kier alpha value is -3.15. The van der Waals surface area contributed by atoms with Crippen LogP contribution in [0.3, 0.4) is 0 Å². The van der Waals surface area contributed by atoms with E-state index in [1.807, 2.05) is 43.7 Å². The highest BCUT2D eigenvalue weighted by molar-refractivity contribution is 6.15. The highest BCUT2D eigenvalue weighted by Crippen LogP contribution is 2.30. The van der Waals surface area contributed by atoms with Gasteiger partial charge in [-0.05, 0) is 49.2 Å². The van der Waals surface area contributed by atoms with Crippen LogP contribution in [0.15, 0.2) is 60.0 Å². The van der Waals surface area contributed by atoms with E-state index in [9.17, 15) is 0 Å². The average Bonchev–Trinajstić information content (AvgIpc) is 3.47. The molecule has 2 aromatic heterocycles. The molecule has 0 spiro atoms. The van der Waals surface area contributed by atoms with E-state index >= 15 is 0 Å². The quantitative estimate of drug-likeness (QED) is 0.687. The van der Waals surface area contributed by atoms with Gasteiger partial charge in [0.1, 0.15) is 11.6 Å². The number of hydrogen-bond donors (Lipinski definition) is 0. The van der Waals surface area contributed by atoms with Crippen LogP contribution < -0.4 is 9.64 Å². The van der Waals surface area contributed by atoms with Gasteiger partial charge < -0.3 is 9.64 Å². The maximum absolute atomic E-state index is 5.68. The summed E-state index contributed by atoms with van der Waals surface area (Å²) in [5, 5.41) is 4.39. The third-order valence-corrected chi connectivity index (χ3v) is 5.46. The number of aromatic nitrogens is 3. The van der Waals surface area contributed by atoms with E-state index in [0.717, 1.165) is 48.9 Å². The monoisotopic (exact) mass is 373 g/mol. The molecule has 1 aromatic carbocycles. The Balaban J connectivity index is 1.40. The summed E-state index contributed by atoms with van der Waals surface area (Å²) >= 11 is 0. The number of hydrogen-bond acceptors (Lipinski definition) is 5. The van der Waals surface area contributed by atoms with Crippen molar-refractivity contribution in [1.82, 2.24) is 14.8 Å². The Morgan fingerprint density at radius 1 is 1.18 bits per heavy atom. The predicted octanol–water partition coefficient (Wildman–Crippen LogP) is 3.48. The molecular weight excluding hydrogens is 350 g/mol. The zero-order chi connectivity index (χ0) is 18.9. The van der Waals surface area contributed by atoms with Gasteiger partial charge in [0, 0.05) is 42.8 Å². The minimum Gasteiger partial charge on any atom is -0.494 e. The van der Waals surface area contributed by atoms with Crippen molar-refractivity contribution < 1.29 is 4.74 Å². The molecule has 1 fully saturated rings. The van der Waals surface area contributed by atoms with Crippen molar-refractivity contribution in [1.29, 1.82) is 0 Å². The number of rotatable bonds is 5. The first-order chi connectivity index (χ1) is 13.8. The molecule has 0 N–H and O–H groups in total. The number of fused-ring (bicyclic) bond motifs is 1. The zero-order valence-corrected chi connectivity index (χ0v) is 16.0. The molecule has 2 aliphatic heterocycles. The van der Waals surface area contributed by atoms with Crippen LogP contribution in [0.5, 0.6) is 5.75 Å². The average molecular weight is 373 g/mol. The molecule has 142 valence electrons. The molecule has 0 aliphatic carbocycles. The van der Waals surface area contributed by atoms with E-state index < -0.39 is 0 Å². The molecule has 0 bridgehead atoms. The van der Waals surface area contributed by atoms with Gasteiger partial charge >= 0.3 is 0 Å². The topological polar surface area (TPSA) is 55.5 Å². The zero-order valence-electron chi connectivity index (χ0n) is 16.0. The normalized spacial score (nSPS) is 18.2. The van der Waals surface area contributed by atoms with Crippen LogP contribution in [0.1, 0.15) is 36.1 Å². The highest BCUT2D eigenvalue weighted by atomic mass is 16.5. The summed E-state index contributed by atoms with van der Waals surface area (Å²) in [6, 6.07) is 12.8. The van der Waals surface area contributed by atoms with Crippen LogP contribution in [0, 0.1) is 0 Å². The Morgan fingerprint density at radius 3 is 3.00 bits per heavy atom. The summed E-state index contributed by atoms with van der Waals surface area (Å²) in [6.07, 6.45) is 6.85. The molecule has 0 saturated carbocycles. The van der Waals surface area contributed by atoms with Gasteiger partial charge in [-0.3, -0.25) is 9.67 Å². The minimum absolute atomic E-state index is 0.402. The molecule has 1 atom stereocenters. The lowest BCUT2D eigenvalue weighted by Gasteiger charge is -2.18.